The third-order valence-corrected chi connectivity index (χ3v) is 7.01. The van der Waals surface area contributed by atoms with Crippen LogP contribution in [0.5, 0.6) is 0 Å². The number of rotatable bonds is 10. The first-order chi connectivity index (χ1) is 18.7. The zero-order chi connectivity index (χ0) is 29.6. The third kappa shape index (κ3) is 8.79. The van der Waals surface area contributed by atoms with Crippen LogP contribution in [0.25, 0.3) is 0 Å². The Hall–Kier alpha value is -2.92. The summed E-state index contributed by atoms with van der Waals surface area (Å²) in [4.78, 5) is 28.6. The Labute approximate surface area is 235 Å². The standard InChI is InChI=1S/C28H34ClF5N4O2/c1-17(2)4-9-24(39)35-15-19-5-7-21(26(31)25(19)30)27(40)36-22-8-6-20(29)14-23(22)38-13-12-37(16-18(38)3)11-10-28(32,33)34/h5-8,14,17-18H,4,9-13,15-16H2,1-3H3,(H,35,39)(H,36,40)/t18-/m1/s1. The predicted molar refractivity (Wildman–Crippen MR) is 146 cm³/mol. The minimum absolute atomic E-state index is 0.0867. The van der Waals surface area contributed by atoms with Crippen LogP contribution in [0.3, 0.4) is 0 Å². The number of benzene rings is 2. The van der Waals surface area contributed by atoms with Crippen molar-refractivity contribution in [2.45, 2.75) is 58.8 Å². The molecule has 2 N–H and O–H groups in total. The Morgan fingerprint density at radius 3 is 2.48 bits per heavy atom. The van der Waals surface area contributed by atoms with E-state index >= 15 is 0 Å². The molecule has 1 atom stereocenters. The maximum absolute atomic E-state index is 14.9. The van der Waals surface area contributed by atoms with Crippen molar-refractivity contribution in [3.63, 3.8) is 0 Å². The second-order valence-corrected chi connectivity index (χ2v) is 10.9. The lowest BCUT2D eigenvalue weighted by Gasteiger charge is -2.42. The molecule has 2 aromatic rings. The number of hydrogen-bond donors (Lipinski definition) is 2. The monoisotopic (exact) mass is 588 g/mol. The molecule has 1 aliphatic rings. The van der Waals surface area contributed by atoms with Gasteiger partial charge in [0.05, 0.1) is 23.4 Å². The molecule has 1 aliphatic heterocycles. The SMILES string of the molecule is CC(C)CCC(=O)NCc1ccc(C(=O)Nc2ccc(Cl)cc2N2CCN(CCC(F)(F)F)C[C@H]2C)c(F)c1F. The molecule has 0 unspecified atom stereocenters. The molecule has 0 radical (unpaired) electrons. The van der Waals surface area contributed by atoms with Gasteiger partial charge in [-0.05, 0) is 43.5 Å². The molecule has 1 heterocycles. The summed E-state index contributed by atoms with van der Waals surface area (Å²) < 4.78 is 67.6. The highest BCUT2D eigenvalue weighted by Gasteiger charge is 2.31. The van der Waals surface area contributed by atoms with E-state index in [0.717, 1.165) is 6.07 Å². The molecular weight excluding hydrogens is 555 g/mol. The fourth-order valence-electron chi connectivity index (χ4n) is 4.52. The van der Waals surface area contributed by atoms with Gasteiger partial charge in [-0.3, -0.25) is 14.5 Å². The van der Waals surface area contributed by atoms with Crippen LogP contribution >= 0.6 is 11.6 Å². The normalized spacial score (nSPS) is 16.4. The van der Waals surface area contributed by atoms with Gasteiger partial charge in [0, 0.05) is 55.8 Å². The topological polar surface area (TPSA) is 64.7 Å². The maximum Gasteiger partial charge on any atom is 0.390 e. The van der Waals surface area contributed by atoms with Crippen LogP contribution < -0.4 is 15.5 Å². The van der Waals surface area contributed by atoms with Crippen molar-refractivity contribution >= 4 is 34.8 Å². The van der Waals surface area contributed by atoms with Crippen LogP contribution in [0.4, 0.5) is 33.3 Å². The number of carbonyl (C=O) groups excluding carboxylic acids is 2. The molecule has 3 rings (SSSR count). The molecule has 1 fully saturated rings. The molecule has 6 nitrogen and oxygen atoms in total. The number of carbonyl (C=O) groups is 2. The van der Waals surface area contributed by atoms with E-state index in [1.54, 1.807) is 11.0 Å². The van der Waals surface area contributed by atoms with E-state index in [0.29, 0.717) is 48.4 Å². The van der Waals surface area contributed by atoms with E-state index in [2.05, 4.69) is 10.6 Å². The van der Waals surface area contributed by atoms with E-state index in [-0.39, 0.29) is 37.0 Å². The van der Waals surface area contributed by atoms with E-state index in [1.165, 1.54) is 18.2 Å². The molecule has 0 aliphatic carbocycles. The summed E-state index contributed by atoms with van der Waals surface area (Å²) in [6, 6.07) is 6.88. The van der Waals surface area contributed by atoms with Gasteiger partial charge in [0.15, 0.2) is 11.6 Å². The summed E-state index contributed by atoms with van der Waals surface area (Å²) in [7, 11) is 0. The first-order valence-corrected chi connectivity index (χ1v) is 13.5. The number of anilines is 2. The number of nitrogens with one attached hydrogen (secondary N) is 2. The Kier molecular flexibility index (Phi) is 10.8. The van der Waals surface area contributed by atoms with Gasteiger partial charge >= 0.3 is 6.18 Å². The van der Waals surface area contributed by atoms with E-state index < -0.39 is 35.7 Å². The molecule has 40 heavy (non-hydrogen) atoms. The quantitative estimate of drug-likeness (QED) is 0.316. The van der Waals surface area contributed by atoms with Crippen LogP contribution in [0, 0.1) is 17.6 Å². The van der Waals surface area contributed by atoms with Gasteiger partial charge in [-0.25, -0.2) is 8.78 Å². The fourth-order valence-corrected chi connectivity index (χ4v) is 4.69. The largest absolute Gasteiger partial charge is 0.390 e. The first-order valence-electron chi connectivity index (χ1n) is 13.2. The van der Waals surface area contributed by atoms with Gasteiger partial charge in [0.25, 0.3) is 5.91 Å². The lowest BCUT2D eigenvalue weighted by Crippen LogP contribution is -2.52. The summed E-state index contributed by atoms with van der Waals surface area (Å²) in [5.41, 5.74) is 0.214. The number of hydrogen-bond acceptors (Lipinski definition) is 4. The first kappa shape index (κ1) is 31.6. The zero-order valence-electron chi connectivity index (χ0n) is 22.7. The van der Waals surface area contributed by atoms with Crippen LogP contribution in [-0.2, 0) is 11.3 Å². The van der Waals surface area contributed by atoms with Crippen molar-refractivity contribution in [2.75, 3.05) is 36.4 Å². The van der Waals surface area contributed by atoms with Crippen LogP contribution in [0.2, 0.25) is 5.02 Å². The van der Waals surface area contributed by atoms with Crippen molar-refractivity contribution < 1.29 is 31.5 Å². The summed E-state index contributed by atoms with van der Waals surface area (Å²) in [6.45, 7) is 6.59. The molecule has 0 aromatic heterocycles. The molecule has 2 amide bonds. The zero-order valence-corrected chi connectivity index (χ0v) is 23.4. The molecular formula is C28H34ClF5N4O2. The summed E-state index contributed by atoms with van der Waals surface area (Å²) in [5.74, 6) is -3.40. The van der Waals surface area contributed by atoms with Gasteiger partial charge in [-0.1, -0.05) is 31.5 Å². The average molecular weight is 589 g/mol. The fraction of sp³-hybridized carbons (Fsp3) is 0.500. The highest BCUT2D eigenvalue weighted by Crippen LogP contribution is 2.33. The van der Waals surface area contributed by atoms with Gasteiger partial charge < -0.3 is 15.5 Å². The predicted octanol–water partition coefficient (Wildman–Crippen LogP) is 6.39. The Bertz CT molecular complexity index is 1210. The van der Waals surface area contributed by atoms with Gasteiger partial charge in [0.1, 0.15) is 0 Å². The minimum Gasteiger partial charge on any atom is -0.365 e. The number of nitrogens with zero attached hydrogens (tertiary/aromatic N) is 2. The van der Waals surface area contributed by atoms with Crippen LogP contribution in [0.15, 0.2) is 30.3 Å². The maximum atomic E-state index is 14.9. The van der Waals surface area contributed by atoms with Crippen molar-refractivity contribution in [1.29, 1.82) is 0 Å². The summed E-state index contributed by atoms with van der Waals surface area (Å²) in [5, 5.41) is 5.55. The van der Waals surface area contributed by atoms with Crippen LogP contribution in [-0.4, -0.2) is 55.1 Å². The molecule has 0 spiro atoms. The van der Waals surface area contributed by atoms with Gasteiger partial charge in [-0.15, -0.1) is 0 Å². The smallest absolute Gasteiger partial charge is 0.365 e. The van der Waals surface area contributed by atoms with Crippen molar-refractivity contribution in [1.82, 2.24) is 10.2 Å². The summed E-state index contributed by atoms with van der Waals surface area (Å²) in [6.07, 6.45) is -4.20. The molecule has 0 bridgehead atoms. The van der Waals surface area contributed by atoms with Crippen molar-refractivity contribution in [3.8, 4) is 0 Å². The number of halogens is 6. The molecule has 0 saturated carbocycles. The Balaban J connectivity index is 1.71. The Morgan fingerprint density at radius 2 is 1.82 bits per heavy atom. The van der Waals surface area contributed by atoms with E-state index in [9.17, 15) is 31.5 Å². The number of alkyl halides is 3. The van der Waals surface area contributed by atoms with Crippen molar-refractivity contribution in [2.24, 2.45) is 5.92 Å². The molecule has 1 saturated heterocycles. The highest BCUT2D eigenvalue weighted by molar-refractivity contribution is 6.31. The highest BCUT2D eigenvalue weighted by atomic mass is 35.5. The van der Waals surface area contributed by atoms with Gasteiger partial charge in [-0.2, -0.15) is 13.2 Å². The lowest BCUT2D eigenvalue weighted by atomic mass is 10.1. The number of piperazine rings is 1. The lowest BCUT2D eigenvalue weighted by molar-refractivity contribution is -0.138. The second kappa shape index (κ2) is 13.6. The number of amides is 2. The molecule has 220 valence electrons. The van der Waals surface area contributed by atoms with E-state index in [1.807, 2.05) is 25.7 Å². The second-order valence-electron chi connectivity index (χ2n) is 10.4. The molecule has 2 aromatic carbocycles. The molecule has 12 heteroatoms. The third-order valence-electron chi connectivity index (χ3n) is 6.77. The van der Waals surface area contributed by atoms with Crippen LogP contribution in [0.1, 0.15) is 56.0 Å². The average Bonchev–Trinajstić information content (AvgIpc) is 2.87. The van der Waals surface area contributed by atoms with Crippen molar-refractivity contribution in [3.05, 3.63) is 58.1 Å². The van der Waals surface area contributed by atoms with Gasteiger partial charge in [0.2, 0.25) is 5.91 Å². The summed E-state index contributed by atoms with van der Waals surface area (Å²) >= 11 is 6.20. The van der Waals surface area contributed by atoms with E-state index in [4.69, 9.17) is 11.6 Å². The minimum atomic E-state index is -4.24. The Morgan fingerprint density at radius 1 is 1.10 bits per heavy atom.